The van der Waals surface area contributed by atoms with Crippen molar-refractivity contribution >= 4 is 11.9 Å². The van der Waals surface area contributed by atoms with Gasteiger partial charge in [0.2, 0.25) is 0 Å². The Morgan fingerprint density at radius 1 is 1.41 bits per heavy atom. The number of rotatable bonds is 1. The van der Waals surface area contributed by atoms with Crippen molar-refractivity contribution in [3.05, 3.63) is 28.8 Å². The van der Waals surface area contributed by atoms with Gasteiger partial charge >= 0.3 is 0 Å². The predicted octanol–water partition coefficient (Wildman–Crippen LogP) is 3.09. The maximum Gasteiger partial charge on any atom is 0.163 e. The van der Waals surface area contributed by atoms with Gasteiger partial charge in [-0.2, -0.15) is 0 Å². The summed E-state index contributed by atoms with van der Waals surface area (Å²) in [5.74, 6) is 0.471. The molecule has 0 aliphatic carbocycles. The van der Waals surface area contributed by atoms with Crippen LogP contribution >= 0.6 is 0 Å². The highest BCUT2D eigenvalue weighted by molar-refractivity contribution is 5.99. The van der Waals surface area contributed by atoms with Crippen LogP contribution in [0, 0.1) is 6.92 Å². The molecule has 1 aromatic carbocycles. The number of aromatic hydroxyl groups is 1. The number of carbonyl (C=O) groups excluding carboxylic acids is 1. The summed E-state index contributed by atoms with van der Waals surface area (Å²) < 4.78 is 5.76. The van der Waals surface area contributed by atoms with Crippen molar-refractivity contribution in [2.24, 2.45) is 0 Å². The molecule has 0 spiro atoms. The lowest BCUT2D eigenvalue weighted by atomic mass is 9.94. The Balaban J connectivity index is 2.66. The lowest BCUT2D eigenvalue weighted by Crippen LogP contribution is -2.27. The number of phenols is 1. The van der Waals surface area contributed by atoms with E-state index >= 15 is 0 Å². The Kier molecular flexibility index (Phi) is 2.49. The van der Waals surface area contributed by atoms with Crippen molar-refractivity contribution in [2.75, 3.05) is 0 Å². The zero-order chi connectivity index (χ0) is 12.8. The number of benzene rings is 1. The molecule has 0 radical (unpaired) electrons. The van der Waals surface area contributed by atoms with E-state index in [9.17, 15) is 9.90 Å². The quantitative estimate of drug-likeness (QED) is 0.757. The first kappa shape index (κ1) is 11.7. The van der Waals surface area contributed by atoms with Gasteiger partial charge in [0.15, 0.2) is 5.78 Å². The monoisotopic (exact) mass is 232 g/mol. The Hall–Kier alpha value is -1.77. The second-order valence-electron chi connectivity index (χ2n) is 4.90. The zero-order valence-electron chi connectivity index (χ0n) is 10.5. The van der Waals surface area contributed by atoms with Crippen LogP contribution in [0.3, 0.4) is 0 Å². The molecular formula is C14H16O3. The highest BCUT2D eigenvalue weighted by atomic mass is 16.5. The summed E-state index contributed by atoms with van der Waals surface area (Å²) in [7, 11) is 0. The fraction of sp³-hybridized carbons (Fsp3) is 0.357. The Morgan fingerprint density at radius 2 is 2.06 bits per heavy atom. The minimum atomic E-state index is -0.385. The normalized spacial score (nSPS) is 16.2. The minimum absolute atomic E-state index is 0.0140. The third-order valence-corrected chi connectivity index (χ3v) is 2.94. The van der Waals surface area contributed by atoms with Crippen LogP contribution in [0.4, 0.5) is 0 Å². The topological polar surface area (TPSA) is 46.5 Å². The summed E-state index contributed by atoms with van der Waals surface area (Å²) in [6.07, 6.45) is 3.89. The van der Waals surface area contributed by atoms with Crippen LogP contribution in [0.5, 0.6) is 11.5 Å². The third kappa shape index (κ3) is 1.93. The van der Waals surface area contributed by atoms with Crippen molar-refractivity contribution in [1.82, 2.24) is 0 Å². The number of ether oxygens (including phenoxy) is 1. The zero-order valence-corrected chi connectivity index (χ0v) is 10.5. The molecule has 0 aromatic heterocycles. The molecule has 0 saturated heterocycles. The summed E-state index contributed by atoms with van der Waals surface area (Å²) in [6, 6.07) is 1.52. The van der Waals surface area contributed by atoms with E-state index in [1.165, 1.54) is 13.0 Å². The molecule has 3 nitrogen and oxygen atoms in total. The van der Waals surface area contributed by atoms with E-state index in [0.717, 1.165) is 11.1 Å². The van der Waals surface area contributed by atoms with Crippen molar-refractivity contribution in [2.45, 2.75) is 33.3 Å². The first-order valence-electron chi connectivity index (χ1n) is 5.57. The van der Waals surface area contributed by atoms with Gasteiger partial charge in [0, 0.05) is 11.6 Å². The molecule has 1 aliphatic heterocycles. The molecule has 0 fully saturated rings. The van der Waals surface area contributed by atoms with Gasteiger partial charge in [-0.3, -0.25) is 4.79 Å². The maximum atomic E-state index is 11.5. The van der Waals surface area contributed by atoms with E-state index in [1.807, 2.05) is 32.9 Å². The van der Waals surface area contributed by atoms with Crippen LogP contribution in [-0.4, -0.2) is 16.5 Å². The van der Waals surface area contributed by atoms with Gasteiger partial charge in [-0.1, -0.05) is 6.08 Å². The maximum absolute atomic E-state index is 11.5. The lowest BCUT2D eigenvalue weighted by molar-refractivity contribution is 0.101. The number of carbonyl (C=O) groups is 1. The molecular weight excluding hydrogens is 216 g/mol. The molecule has 1 N–H and O–H groups in total. The molecule has 0 saturated carbocycles. The highest BCUT2D eigenvalue weighted by Crippen LogP contribution is 2.38. The standard InChI is InChI=1S/C14H16O3/c1-8-10-5-6-14(3,4)17-12(10)7-11(16)13(8)9(2)15/h5-7,16H,1-4H3. The highest BCUT2D eigenvalue weighted by Gasteiger charge is 2.25. The van der Waals surface area contributed by atoms with Gasteiger partial charge in [-0.05, 0) is 39.3 Å². The summed E-state index contributed by atoms with van der Waals surface area (Å²) in [4.78, 5) is 11.5. The molecule has 0 amide bonds. The van der Waals surface area contributed by atoms with Gasteiger partial charge in [-0.25, -0.2) is 0 Å². The van der Waals surface area contributed by atoms with Crippen LogP contribution in [0.1, 0.15) is 42.3 Å². The average molecular weight is 232 g/mol. The molecule has 1 aliphatic rings. The van der Waals surface area contributed by atoms with Crippen molar-refractivity contribution in [3.63, 3.8) is 0 Å². The molecule has 17 heavy (non-hydrogen) atoms. The van der Waals surface area contributed by atoms with Gasteiger partial charge in [0.1, 0.15) is 17.1 Å². The Labute approximate surface area is 101 Å². The van der Waals surface area contributed by atoms with Gasteiger partial charge in [0.05, 0.1) is 5.56 Å². The van der Waals surface area contributed by atoms with Crippen LogP contribution in [0.15, 0.2) is 12.1 Å². The third-order valence-electron chi connectivity index (χ3n) is 2.94. The van der Waals surface area contributed by atoms with Crippen LogP contribution in [-0.2, 0) is 0 Å². The lowest BCUT2D eigenvalue weighted by Gasteiger charge is -2.29. The number of ketones is 1. The number of Topliss-reactive ketones (excluding diaryl/α,β-unsaturated/α-hetero) is 1. The van der Waals surface area contributed by atoms with E-state index in [4.69, 9.17) is 4.74 Å². The van der Waals surface area contributed by atoms with Crippen molar-refractivity contribution in [3.8, 4) is 11.5 Å². The second kappa shape index (κ2) is 3.62. The summed E-state index contributed by atoms with van der Waals surface area (Å²) in [5, 5.41) is 9.86. The Morgan fingerprint density at radius 3 is 2.65 bits per heavy atom. The number of fused-ring (bicyclic) bond motifs is 1. The minimum Gasteiger partial charge on any atom is -0.507 e. The predicted molar refractivity (Wildman–Crippen MR) is 66.6 cm³/mol. The first-order valence-corrected chi connectivity index (χ1v) is 5.57. The van der Waals surface area contributed by atoms with Gasteiger partial charge in [-0.15, -0.1) is 0 Å². The fourth-order valence-corrected chi connectivity index (χ4v) is 2.12. The van der Waals surface area contributed by atoms with E-state index in [1.54, 1.807) is 0 Å². The number of phenolic OH excluding ortho intramolecular Hbond substituents is 1. The van der Waals surface area contributed by atoms with Crippen LogP contribution in [0.25, 0.3) is 6.08 Å². The molecule has 0 unspecified atom stereocenters. The van der Waals surface area contributed by atoms with E-state index < -0.39 is 0 Å². The molecule has 1 aromatic rings. The summed E-state index contributed by atoms with van der Waals surface area (Å²) >= 11 is 0. The van der Waals surface area contributed by atoms with Crippen LogP contribution in [0.2, 0.25) is 0 Å². The molecule has 0 bridgehead atoms. The molecule has 90 valence electrons. The van der Waals surface area contributed by atoms with E-state index in [2.05, 4.69) is 0 Å². The Bertz CT molecular complexity index is 525. The molecule has 0 atom stereocenters. The SMILES string of the molecule is CC(=O)c1c(O)cc2c(c1C)C=CC(C)(C)O2. The molecule has 3 heteroatoms. The molecule has 2 rings (SSSR count). The summed E-state index contributed by atoms with van der Waals surface area (Å²) in [5.41, 5.74) is 1.62. The fourth-order valence-electron chi connectivity index (χ4n) is 2.12. The number of hydrogen-bond acceptors (Lipinski definition) is 3. The van der Waals surface area contributed by atoms with Gasteiger partial charge < -0.3 is 9.84 Å². The number of hydrogen-bond donors (Lipinski definition) is 1. The molecule has 1 heterocycles. The van der Waals surface area contributed by atoms with Crippen molar-refractivity contribution < 1.29 is 14.6 Å². The van der Waals surface area contributed by atoms with Gasteiger partial charge in [0.25, 0.3) is 0 Å². The average Bonchev–Trinajstić information content (AvgIpc) is 2.14. The summed E-state index contributed by atoms with van der Waals surface area (Å²) in [6.45, 7) is 7.16. The second-order valence-corrected chi connectivity index (χ2v) is 4.90. The smallest absolute Gasteiger partial charge is 0.163 e. The van der Waals surface area contributed by atoms with E-state index in [-0.39, 0.29) is 17.1 Å². The first-order chi connectivity index (χ1) is 7.82. The largest absolute Gasteiger partial charge is 0.507 e. The van der Waals surface area contributed by atoms with Crippen LogP contribution < -0.4 is 4.74 Å². The van der Waals surface area contributed by atoms with E-state index in [0.29, 0.717) is 11.3 Å². The van der Waals surface area contributed by atoms with Crippen molar-refractivity contribution in [1.29, 1.82) is 0 Å².